The molecule has 0 N–H and O–H groups in total. The topological polar surface area (TPSA) is 30.9 Å². The first-order chi connectivity index (χ1) is 17.6. The molecule has 4 heteroatoms. The van der Waals surface area contributed by atoms with Crippen molar-refractivity contribution in [3.8, 4) is 5.75 Å². The van der Waals surface area contributed by atoms with Crippen LogP contribution in [0.2, 0.25) is 0 Å². The molecule has 1 aliphatic heterocycles. The van der Waals surface area contributed by atoms with Crippen LogP contribution in [0.3, 0.4) is 0 Å². The molecule has 1 fully saturated rings. The SMILES string of the molecule is COc1ccc2c(c1)C[C@H](C)C(c1ccccc1)C2c1ccc(N2CCC(C(OC)OC)CC2)cc1. The average molecular weight is 486 g/mol. The molecule has 1 heterocycles. The zero-order valence-corrected chi connectivity index (χ0v) is 22.0. The third kappa shape index (κ3) is 4.89. The molecule has 3 aromatic rings. The van der Waals surface area contributed by atoms with E-state index in [0.717, 1.165) is 38.1 Å². The minimum Gasteiger partial charge on any atom is -0.497 e. The summed E-state index contributed by atoms with van der Waals surface area (Å²) >= 11 is 0. The summed E-state index contributed by atoms with van der Waals surface area (Å²) in [6.07, 6.45) is 3.13. The fourth-order valence-corrected chi connectivity index (χ4v) is 6.57. The third-order valence-corrected chi connectivity index (χ3v) is 8.39. The lowest BCUT2D eigenvalue weighted by Gasteiger charge is -2.40. The number of fused-ring (bicyclic) bond motifs is 1. The Morgan fingerprint density at radius 2 is 1.50 bits per heavy atom. The Kier molecular flexibility index (Phi) is 7.64. The molecule has 0 bridgehead atoms. The summed E-state index contributed by atoms with van der Waals surface area (Å²) in [4.78, 5) is 2.50. The quantitative estimate of drug-likeness (QED) is 0.351. The van der Waals surface area contributed by atoms with Crippen LogP contribution in [0, 0.1) is 11.8 Å². The van der Waals surface area contributed by atoms with Gasteiger partial charge in [-0.25, -0.2) is 0 Å². The number of anilines is 1. The molecule has 1 aliphatic carbocycles. The van der Waals surface area contributed by atoms with Gasteiger partial charge in [-0.05, 0) is 77.6 Å². The first-order valence-electron chi connectivity index (χ1n) is 13.2. The summed E-state index contributed by atoms with van der Waals surface area (Å²) in [6.45, 7) is 4.46. The van der Waals surface area contributed by atoms with Gasteiger partial charge in [0.25, 0.3) is 0 Å². The van der Waals surface area contributed by atoms with Gasteiger partial charge in [0.1, 0.15) is 5.75 Å². The zero-order valence-electron chi connectivity index (χ0n) is 22.0. The maximum Gasteiger partial charge on any atom is 0.159 e. The summed E-state index contributed by atoms with van der Waals surface area (Å²) in [6, 6.07) is 27.1. The van der Waals surface area contributed by atoms with Crippen molar-refractivity contribution in [2.24, 2.45) is 11.8 Å². The second-order valence-electron chi connectivity index (χ2n) is 10.4. The van der Waals surface area contributed by atoms with Crippen LogP contribution in [-0.4, -0.2) is 40.7 Å². The molecule has 190 valence electrons. The van der Waals surface area contributed by atoms with E-state index in [1.54, 1.807) is 21.3 Å². The number of hydrogen-bond donors (Lipinski definition) is 0. The van der Waals surface area contributed by atoms with E-state index in [9.17, 15) is 0 Å². The van der Waals surface area contributed by atoms with Crippen LogP contribution in [0.4, 0.5) is 5.69 Å². The van der Waals surface area contributed by atoms with Gasteiger partial charge >= 0.3 is 0 Å². The highest BCUT2D eigenvalue weighted by atomic mass is 16.7. The summed E-state index contributed by atoms with van der Waals surface area (Å²) in [7, 11) is 5.23. The number of nitrogens with zero attached hydrogens (tertiary/aromatic N) is 1. The number of piperidine rings is 1. The van der Waals surface area contributed by atoms with Gasteiger partial charge in [-0.2, -0.15) is 0 Å². The Bertz CT molecular complexity index is 1120. The van der Waals surface area contributed by atoms with Crippen molar-refractivity contribution in [3.05, 3.63) is 95.1 Å². The summed E-state index contributed by atoms with van der Waals surface area (Å²) in [5.74, 6) is 2.69. The number of rotatable bonds is 7. The molecule has 2 aliphatic rings. The van der Waals surface area contributed by atoms with Crippen LogP contribution >= 0.6 is 0 Å². The van der Waals surface area contributed by atoms with E-state index in [1.807, 2.05) is 0 Å². The van der Waals surface area contributed by atoms with Crippen molar-refractivity contribution in [1.82, 2.24) is 0 Å². The van der Waals surface area contributed by atoms with Crippen molar-refractivity contribution in [2.75, 3.05) is 39.3 Å². The molecule has 4 nitrogen and oxygen atoms in total. The monoisotopic (exact) mass is 485 g/mol. The molecule has 0 amide bonds. The highest BCUT2D eigenvalue weighted by Crippen LogP contribution is 2.49. The number of hydrogen-bond acceptors (Lipinski definition) is 4. The molecule has 0 spiro atoms. The lowest BCUT2D eigenvalue weighted by Crippen LogP contribution is -2.39. The standard InChI is InChI=1S/C32H39NO3/c1-22-20-26-21-28(34-2)14-15-29(26)31(30(22)23-8-6-5-7-9-23)24-10-12-27(13-11-24)33-18-16-25(17-19-33)32(35-3)36-4/h5-15,21-22,25,30-32H,16-20H2,1-4H3/t22-,30?,31?/m0/s1. The van der Waals surface area contributed by atoms with E-state index < -0.39 is 0 Å². The van der Waals surface area contributed by atoms with E-state index >= 15 is 0 Å². The molecule has 36 heavy (non-hydrogen) atoms. The van der Waals surface area contributed by atoms with Gasteiger partial charge in [0, 0.05) is 44.8 Å². The molecular formula is C32H39NO3. The number of ether oxygens (including phenoxy) is 3. The van der Waals surface area contributed by atoms with Crippen molar-refractivity contribution in [2.45, 2.75) is 44.3 Å². The zero-order chi connectivity index (χ0) is 25.1. The molecule has 0 radical (unpaired) electrons. The smallest absolute Gasteiger partial charge is 0.159 e. The molecule has 0 aromatic heterocycles. The van der Waals surface area contributed by atoms with Gasteiger partial charge in [-0.3, -0.25) is 0 Å². The molecular weight excluding hydrogens is 446 g/mol. The highest BCUT2D eigenvalue weighted by molar-refractivity contribution is 5.53. The fraction of sp³-hybridized carbons (Fsp3) is 0.438. The Morgan fingerprint density at radius 1 is 0.806 bits per heavy atom. The van der Waals surface area contributed by atoms with Crippen LogP contribution in [0.25, 0.3) is 0 Å². The number of methoxy groups -OCH3 is 3. The minimum atomic E-state index is -0.101. The van der Waals surface area contributed by atoms with Crippen LogP contribution in [-0.2, 0) is 15.9 Å². The van der Waals surface area contributed by atoms with Crippen molar-refractivity contribution in [1.29, 1.82) is 0 Å². The third-order valence-electron chi connectivity index (χ3n) is 8.39. The van der Waals surface area contributed by atoms with Gasteiger partial charge in [-0.1, -0.05) is 55.5 Å². The van der Waals surface area contributed by atoms with Crippen molar-refractivity contribution >= 4 is 5.69 Å². The highest BCUT2D eigenvalue weighted by Gasteiger charge is 2.37. The van der Waals surface area contributed by atoms with Crippen LogP contribution in [0.5, 0.6) is 5.75 Å². The van der Waals surface area contributed by atoms with Crippen LogP contribution in [0.1, 0.15) is 53.9 Å². The second kappa shape index (κ2) is 11.1. The molecule has 3 aromatic carbocycles. The maximum atomic E-state index is 5.57. The van der Waals surface area contributed by atoms with E-state index in [0.29, 0.717) is 23.7 Å². The van der Waals surface area contributed by atoms with Gasteiger partial charge in [0.05, 0.1) is 7.11 Å². The predicted molar refractivity (Wildman–Crippen MR) is 146 cm³/mol. The number of benzene rings is 3. The van der Waals surface area contributed by atoms with E-state index in [1.165, 1.54) is 27.9 Å². The van der Waals surface area contributed by atoms with E-state index in [-0.39, 0.29) is 6.29 Å². The lowest BCUT2D eigenvalue weighted by atomic mass is 9.64. The van der Waals surface area contributed by atoms with Gasteiger partial charge in [0.15, 0.2) is 6.29 Å². The summed E-state index contributed by atoms with van der Waals surface area (Å²) in [5, 5.41) is 0. The Labute approximate surface area is 216 Å². The molecule has 3 atom stereocenters. The van der Waals surface area contributed by atoms with Crippen molar-refractivity contribution < 1.29 is 14.2 Å². The van der Waals surface area contributed by atoms with Crippen molar-refractivity contribution in [3.63, 3.8) is 0 Å². The first kappa shape index (κ1) is 24.9. The normalized spacial score (nSPS) is 22.5. The first-order valence-corrected chi connectivity index (χ1v) is 13.2. The summed E-state index contributed by atoms with van der Waals surface area (Å²) < 4.78 is 16.6. The van der Waals surface area contributed by atoms with Gasteiger partial charge in [0.2, 0.25) is 0 Å². The molecule has 0 saturated carbocycles. The van der Waals surface area contributed by atoms with E-state index in [4.69, 9.17) is 14.2 Å². The van der Waals surface area contributed by atoms with Gasteiger partial charge in [-0.15, -0.1) is 0 Å². The lowest BCUT2D eigenvalue weighted by molar-refractivity contribution is -0.141. The van der Waals surface area contributed by atoms with Crippen LogP contribution < -0.4 is 9.64 Å². The Hall–Kier alpha value is -2.82. The van der Waals surface area contributed by atoms with E-state index in [2.05, 4.69) is 84.6 Å². The minimum absolute atomic E-state index is 0.101. The molecule has 5 rings (SSSR count). The van der Waals surface area contributed by atoms with Crippen LogP contribution in [0.15, 0.2) is 72.8 Å². The van der Waals surface area contributed by atoms with Gasteiger partial charge < -0.3 is 19.1 Å². The second-order valence-corrected chi connectivity index (χ2v) is 10.4. The molecule has 2 unspecified atom stereocenters. The fourth-order valence-electron chi connectivity index (χ4n) is 6.57. The summed E-state index contributed by atoms with van der Waals surface area (Å²) in [5.41, 5.74) is 6.96. The Morgan fingerprint density at radius 3 is 2.14 bits per heavy atom. The molecule has 1 saturated heterocycles. The predicted octanol–water partition coefficient (Wildman–Crippen LogP) is 6.64. The maximum absolute atomic E-state index is 5.57. The average Bonchev–Trinajstić information content (AvgIpc) is 2.93. The Balaban J connectivity index is 1.43. The largest absolute Gasteiger partial charge is 0.497 e.